The molecule has 1 saturated heterocycles. The molecule has 23 heavy (non-hydrogen) atoms. The highest BCUT2D eigenvalue weighted by Gasteiger charge is 2.28. The lowest BCUT2D eigenvalue weighted by Gasteiger charge is -2.34. The maximum atomic E-state index is 11.7. The topological polar surface area (TPSA) is 79.8 Å². The first kappa shape index (κ1) is 17.9. The molecule has 2 N–H and O–H groups in total. The molecule has 0 aromatic carbocycles. The van der Waals surface area contributed by atoms with E-state index < -0.39 is 11.8 Å². The number of rotatable bonds is 3. The Morgan fingerprint density at radius 1 is 1.17 bits per heavy atom. The number of carbonyl (C=O) groups excluding carboxylic acids is 2. The van der Waals surface area contributed by atoms with Gasteiger partial charge in [0.05, 0.1) is 6.10 Å². The van der Waals surface area contributed by atoms with Gasteiger partial charge in [0.15, 0.2) is 0 Å². The summed E-state index contributed by atoms with van der Waals surface area (Å²) in [7, 11) is 0. The zero-order valence-corrected chi connectivity index (χ0v) is 14.5. The van der Waals surface area contributed by atoms with Gasteiger partial charge in [0, 0.05) is 18.9 Å². The molecule has 0 radical (unpaired) electrons. The maximum absolute atomic E-state index is 11.7. The third kappa shape index (κ3) is 5.61. The second-order valence-electron chi connectivity index (χ2n) is 7.60. The first-order chi connectivity index (χ1) is 10.9. The van der Waals surface area contributed by atoms with Crippen molar-refractivity contribution in [3.05, 3.63) is 0 Å². The molecule has 0 bridgehead atoms. The van der Waals surface area contributed by atoms with Crippen molar-refractivity contribution < 1.29 is 14.3 Å². The molecule has 2 aliphatic rings. The lowest BCUT2D eigenvalue weighted by atomic mass is 9.72. The van der Waals surface area contributed by atoms with Crippen LogP contribution in [0.3, 0.4) is 0 Å². The van der Waals surface area contributed by atoms with Gasteiger partial charge >= 0.3 is 11.8 Å². The third-order valence-electron chi connectivity index (χ3n) is 4.82. The Balaban J connectivity index is 1.70. The van der Waals surface area contributed by atoms with Crippen LogP contribution in [0.2, 0.25) is 0 Å². The van der Waals surface area contributed by atoms with E-state index in [1.807, 2.05) is 0 Å². The number of ether oxygens (including phenoxy) is 1. The minimum atomic E-state index is -0.701. The Hall–Kier alpha value is -1.43. The van der Waals surface area contributed by atoms with E-state index in [1.165, 1.54) is 0 Å². The van der Waals surface area contributed by atoms with Crippen LogP contribution in [-0.4, -0.2) is 36.8 Å². The average molecular weight is 323 g/mol. The van der Waals surface area contributed by atoms with Crippen LogP contribution in [0.15, 0.2) is 5.10 Å². The summed E-state index contributed by atoms with van der Waals surface area (Å²) >= 11 is 0. The Morgan fingerprint density at radius 2 is 1.87 bits per heavy atom. The molecule has 2 fully saturated rings. The minimum absolute atomic E-state index is 0.0331. The van der Waals surface area contributed by atoms with Gasteiger partial charge in [0.25, 0.3) is 0 Å². The summed E-state index contributed by atoms with van der Waals surface area (Å²) in [5.41, 5.74) is 3.67. The van der Waals surface area contributed by atoms with Crippen LogP contribution in [0.25, 0.3) is 0 Å². The van der Waals surface area contributed by atoms with E-state index in [0.717, 1.165) is 50.8 Å². The molecule has 1 aliphatic carbocycles. The maximum Gasteiger partial charge on any atom is 0.329 e. The first-order valence-corrected chi connectivity index (χ1v) is 8.61. The summed E-state index contributed by atoms with van der Waals surface area (Å²) in [6.45, 7) is 7.91. The molecular weight excluding hydrogens is 294 g/mol. The van der Waals surface area contributed by atoms with Crippen molar-refractivity contribution in [1.82, 2.24) is 10.7 Å². The molecule has 1 heterocycles. The fourth-order valence-corrected chi connectivity index (χ4v) is 3.20. The summed E-state index contributed by atoms with van der Waals surface area (Å²) in [5.74, 6) is -0.659. The van der Waals surface area contributed by atoms with Crippen molar-refractivity contribution in [2.45, 2.75) is 65.4 Å². The molecule has 2 rings (SSSR count). The quantitative estimate of drug-likeness (QED) is 0.616. The summed E-state index contributed by atoms with van der Waals surface area (Å²) in [5, 5.41) is 6.72. The van der Waals surface area contributed by atoms with E-state index in [9.17, 15) is 9.59 Å². The fraction of sp³-hybridized carbons (Fsp3) is 0.824. The normalized spacial score (nSPS) is 25.1. The van der Waals surface area contributed by atoms with Gasteiger partial charge in [0.2, 0.25) is 0 Å². The standard InChI is InChI=1S/C17H29N3O3/c1-17(2,3)12-6-8-13(9-7-12)19-20-16(22)15(21)18-11-14-5-4-10-23-14/h12,14H,4-11H2,1-3H3,(H,18,21)(H,20,22). The number of hydrazone groups is 1. The lowest BCUT2D eigenvalue weighted by molar-refractivity contribution is -0.139. The van der Waals surface area contributed by atoms with E-state index in [2.05, 4.69) is 36.6 Å². The molecule has 6 heteroatoms. The molecule has 2 amide bonds. The second-order valence-corrected chi connectivity index (χ2v) is 7.60. The van der Waals surface area contributed by atoms with Crippen LogP contribution >= 0.6 is 0 Å². The summed E-state index contributed by atoms with van der Waals surface area (Å²) < 4.78 is 5.40. The molecule has 6 nitrogen and oxygen atoms in total. The summed E-state index contributed by atoms with van der Waals surface area (Å²) in [6.07, 6.45) is 5.92. The summed E-state index contributed by atoms with van der Waals surface area (Å²) in [4.78, 5) is 23.5. The van der Waals surface area contributed by atoms with Crippen molar-refractivity contribution in [3.8, 4) is 0 Å². The van der Waals surface area contributed by atoms with E-state index in [1.54, 1.807) is 0 Å². The largest absolute Gasteiger partial charge is 0.376 e. The summed E-state index contributed by atoms with van der Waals surface area (Å²) in [6, 6.07) is 0. The molecule has 1 atom stereocenters. The van der Waals surface area contributed by atoms with E-state index in [0.29, 0.717) is 17.9 Å². The van der Waals surface area contributed by atoms with E-state index >= 15 is 0 Å². The zero-order chi connectivity index (χ0) is 16.9. The van der Waals surface area contributed by atoms with Crippen molar-refractivity contribution in [1.29, 1.82) is 0 Å². The monoisotopic (exact) mass is 323 g/mol. The van der Waals surface area contributed by atoms with Gasteiger partial charge < -0.3 is 10.1 Å². The third-order valence-corrected chi connectivity index (χ3v) is 4.82. The van der Waals surface area contributed by atoms with Crippen LogP contribution in [0.5, 0.6) is 0 Å². The highest BCUT2D eigenvalue weighted by Crippen LogP contribution is 2.36. The smallest absolute Gasteiger partial charge is 0.329 e. The Kier molecular flexibility index (Phi) is 6.16. The highest BCUT2D eigenvalue weighted by molar-refractivity contribution is 6.35. The number of amides is 2. The van der Waals surface area contributed by atoms with Crippen LogP contribution in [-0.2, 0) is 14.3 Å². The molecule has 0 spiro atoms. The SMILES string of the molecule is CC(C)(C)C1CCC(=NNC(=O)C(=O)NCC2CCCO2)CC1. The van der Waals surface area contributed by atoms with Crippen LogP contribution in [0.1, 0.15) is 59.3 Å². The van der Waals surface area contributed by atoms with Gasteiger partial charge in [-0.3, -0.25) is 9.59 Å². The van der Waals surface area contributed by atoms with Crippen LogP contribution in [0.4, 0.5) is 0 Å². The van der Waals surface area contributed by atoms with Gasteiger partial charge in [-0.1, -0.05) is 20.8 Å². The van der Waals surface area contributed by atoms with Crippen LogP contribution < -0.4 is 10.7 Å². The number of hydrogen-bond acceptors (Lipinski definition) is 4. The molecule has 1 unspecified atom stereocenters. The highest BCUT2D eigenvalue weighted by atomic mass is 16.5. The molecule has 1 saturated carbocycles. The number of carbonyl (C=O) groups is 2. The van der Waals surface area contributed by atoms with E-state index in [4.69, 9.17) is 4.74 Å². The average Bonchev–Trinajstić information content (AvgIpc) is 3.03. The van der Waals surface area contributed by atoms with Gasteiger partial charge in [0.1, 0.15) is 0 Å². The van der Waals surface area contributed by atoms with Crippen LogP contribution in [0, 0.1) is 11.3 Å². The molecule has 130 valence electrons. The van der Waals surface area contributed by atoms with E-state index in [-0.39, 0.29) is 6.10 Å². The number of hydrogen-bond donors (Lipinski definition) is 2. The number of nitrogens with one attached hydrogen (secondary N) is 2. The minimum Gasteiger partial charge on any atom is -0.376 e. The molecule has 0 aromatic rings. The fourth-order valence-electron chi connectivity index (χ4n) is 3.20. The van der Waals surface area contributed by atoms with Gasteiger partial charge in [-0.05, 0) is 49.9 Å². The Bertz CT molecular complexity index is 452. The first-order valence-electron chi connectivity index (χ1n) is 8.61. The van der Waals surface area contributed by atoms with Crippen molar-refractivity contribution in [2.75, 3.05) is 13.2 Å². The van der Waals surface area contributed by atoms with Gasteiger partial charge in [-0.25, -0.2) is 5.43 Å². The van der Waals surface area contributed by atoms with Gasteiger partial charge in [-0.15, -0.1) is 0 Å². The van der Waals surface area contributed by atoms with Gasteiger partial charge in [-0.2, -0.15) is 5.10 Å². The lowest BCUT2D eigenvalue weighted by Crippen LogP contribution is -2.41. The van der Waals surface area contributed by atoms with Crippen molar-refractivity contribution in [3.63, 3.8) is 0 Å². The predicted molar refractivity (Wildman–Crippen MR) is 89.0 cm³/mol. The second kappa shape index (κ2) is 7.90. The zero-order valence-electron chi connectivity index (χ0n) is 14.5. The van der Waals surface area contributed by atoms with Crippen molar-refractivity contribution >= 4 is 17.5 Å². The number of nitrogens with zero attached hydrogens (tertiary/aromatic N) is 1. The molecule has 0 aromatic heterocycles. The molecular formula is C17H29N3O3. The Labute approximate surface area is 138 Å². The van der Waals surface area contributed by atoms with Crippen molar-refractivity contribution in [2.24, 2.45) is 16.4 Å². The molecule has 1 aliphatic heterocycles. The Morgan fingerprint density at radius 3 is 2.43 bits per heavy atom. The predicted octanol–water partition coefficient (Wildman–Crippen LogP) is 1.99.